The van der Waals surface area contributed by atoms with E-state index >= 15 is 0 Å². The molecular formula is C8H13BrClN3O3S. The highest BCUT2D eigenvalue weighted by Gasteiger charge is 2.21. The van der Waals surface area contributed by atoms with Gasteiger partial charge in [0.2, 0.25) is 0 Å². The van der Waals surface area contributed by atoms with Crippen LogP contribution in [0.5, 0.6) is 0 Å². The van der Waals surface area contributed by atoms with Gasteiger partial charge in [-0.05, 0) is 0 Å². The summed E-state index contributed by atoms with van der Waals surface area (Å²) in [5.74, 6) is 0. The standard InChI is InChI=1S/C8H13BrClN3O3S/c1-13-8(7(10)6-11-13)17(14,15)12-3-5-16-4-2-9/h6,12H,2-5H2,1H3. The Morgan fingerprint density at radius 3 is 2.82 bits per heavy atom. The minimum atomic E-state index is -3.64. The molecule has 0 aliphatic rings. The highest BCUT2D eigenvalue weighted by Crippen LogP contribution is 2.19. The van der Waals surface area contributed by atoms with E-state index in [-0.39, 0.29) is 16.6 Å². The Hall–Kier alpha value is -0.150. The molecule has 1 rings (SSSR count). The first kappa shape index (κ1) is 14.9. The number of hydrogen-bond acceptors (Lipinski definition) is 4. The maximum Gasteiger partial charge on any atom is 0.259 e. The molecule has 6 nitrogen and oxygen atoms in total. The van der Waals surface area contributed by atoms with E-state index < -0.39 is 10.0 Å². The first-order chi connectivity index (χ1) is 7.99. The molecule has 0 atom stereocenters. The van der Waals surface area contributed by atoms with Gasteiger partial charge in [-0.15, -0.1) is 0 Å². The zero-order valence-electron chi connectivity index (χ0n) is 9.19. The number of alkyl halides is 1. The average Bonchev–Trinajstić information content (AvgIpc) is 2.58. The molecule has 0 saturated carbocycles. The number of aryl methyl sites for hydroxylation is 1. The number of nitrogens with one attached hydrogen (secondary N) is 1. The second-order valence-electron chi connectivity index (χ2n) is 3.12. The number of aromatic nitrogens is 2. The lowest BCUT2D eigenvalue weighted by atomic mass is 10.7. The van der Waals surface area contributed by atoms with E-state index in [2.05, 4.69) is 25.8 Å². The highest BCUT2D eigenvalue weighted by molar-refractivity contribution is 9.09. The van der Waals surface area contributed by atoms with Gasteiger partial charge in [0, 0.05) is 18.9 Å². The van der Waals surface area contributed by atoms with Crippen LogP contribution in [-0.4, -0.2) is 43.3 Å². The van der Waals surface area contributed by atoms with Crippen LogP contribution in [-0.2, 0) is 21.8 Å². The van der Waals surface area contributed by atoms with Gasteiger partial charge in [-0.25, -0.2) is 13.1 Å². The second kappa shape index (κ2) is 6.69. The molecule has 0 saturated heterocycles. The maximum absolute atomic E-state index is 11.8. The van der Waals surface area contributed by atoms with E-state index in [4.69, 9.17) is 16.3 Å². The number of ether oxygens (including phenoxy) is 1. The normalized spacial score (nSPS) is 11.9. The number of sulfonamides is 1. The molecule has 9 heteroatoms. The number of halogens is 2. The van der Waals surface area contributed by atoms with Crippen molar-refractivity contribution in [2.45, 2.75) is 5.03 Å². The quantitative estimate of drug-likeness (QED) is 0.584. The van der Waals surface area contributed by atoms with Crippen molar-refractivity contribution in [3.05, 3.63) is 11.2 Å². The lowest BCUT2D eigenvalue weighted by molar-refractivity contribution is 0.156. The minimum Gasteiger partial charge on any atom is -0.379 e. The van der Waals surface area contributed by atoms with Gasteiger partial charge in [0.15, 0.2) is 5.03 Å². The van der Waals surface area contributed by atoms with Crippen molar-refractivity contribution in [2.24, 2.45) is 7.05 Å². The summed E-state index contributed by atoms with van der Waals surface area (Å²) in [5.41, 5.74) is 0. The van der Waals surface area contributed by atoms with Crippen LogP contribution in [0.25, 0.3) is 0 Å². The van der Waals surface area contributed by atoms with Crippen molar-refractivity contribution in [3.8, 4) is 0 Å². The molecule has 0 radical (unpaired) electrons. The molecule has 0 spiro atoms. The summed E-state index contributed by atoms with van der Waals surface area (Å²) in [7, 11) is -2.12. The van der Waals surface area contributed by atoms with E-state index in [9.17, 15) is 8.42 Å². The van der Waals surface area contributed by atoms with Crippen molar-refractivity contribution in [1.29, 1.82) is 0 Å². The Kier molecular flexibility index (Phi) is 5.87. The lowest BCUT2D eigenvalue weighted by Gasteiger charge is -2.07. The fourth-order valence-electron chi connectivity index (χ4n) is 1.17. The van der Waals surface area contributed by atoms with E-state index in [0.29, 0.717) is 18.5 Å². The summed E-state index contributed by atoms with van der Waals surface area (Å²) >= 11 is 8.95. The third-order valence-corrected chi connectivity index (χ3v) is 4.15. The number of nitrogens with zero attached hydrogens (tertiary/aromatic N) is 2. The first-order valence-electron chi connectivity index (χ1n) is 4.80. The smallest absolute Gasteiger partial charge is 0.259 e. The first-order valence-corrected chi connectivity index (χ1v) is 7.78. The maximum atomic E-state index is 11.8. The molecule has 0 unspecified atom stereocenters. The Bertz CT molecular complexity index is 443. The predicted molar refractivity (Wildman–Crippen MR) is 68.0 cm³/mol. The molecule has 0 aliphatic heterocycles. The molecule has 0 bridgehead atoms. The van der Waals surface area contributed by atoms with E-state index in [0.717, 1.165) is 0 Å². The van der Waals surface area contributed by atoms with Crippen molar-refractivity contribution >= 4 is 37.6 Å². The number of hydrogen-bond donors (Lipinski definition) is 1. The minimum absolute atomic E-state index is 0.0420. The zero-order valence-corrected chi connectivity index (χ0v) is 12.3. The van der Waals surface area contributed by atoms with E-state index in [1.54, 1.807) is 0 Å². The monoisotopic (exact) mass is 345 g/mol. The van der Waals surface area contributed by atoms with Crippen LogP contribution >= 0.6 is 27.5 Å². The molecule has 1 aromatic rings. The van der Waals surface area contributed by atoms with E-state index in [1.165, 1.54) is 17.9 Å². The van der Waals surface area contributed by atoms with Crippen LogP contribution in [0.15, 0.2) is 11.2 Å². The van der Waals surface area contributed by atoms with Gasteiger partial charge < -0.3 is 4.74 Å². The van der Waals surface area contributed by atoms with Crippen LogP contribution in [0.3, 0.4) is 0 Å². The number of rotatable bonds is 7. The van der Waals surface area contributed by atoms with Crippen LogP contribution in [0.4, 0.5) is 0 Å². The highest BCUT2D eigenvalue weighted by atomic mass is 79.9. The molecule has 1 heterocycles. The molecule has 1 N–H and O–H groups in total. The van der Waals surface area contributed by atoms with Gasteiger partial charge in [-0.3, -0.25) is 4.68 Å². The lowest BCUT2D eigenvalue weighted by Crippen LogP contribution is -2.29. The molecular weight excluding hydrogens is 334 g/mol. The summed E-state index contributed by atoms with van der Waals surface area (Å²) in [6.45, 7) is 1.03. The van der Waals surface area contributed by atoms with Gasteiger partial charge in [-0.2, -0.15) is 5.10 Å². The van der Waals surface area contributed by atoms with Gasteiger partial charge >= 0.3 is 0 Å². The zero-order chi connectivity index (χ0) is 12.9. The predicted octanol–water partition coefficient (Wildman–Crippen LogP) is 0.763. The SMILES string of the molecule is Cn1ncc(Cl)c1S(=O)(=O)NCCOCCBr. The Morgan fingerprint density at radius 2 is 2.29 bits per heavy atom. The largest absolute Gasteiger partial charge is 0.379 e. The van der Waals surface area contributed by atoms with Gasteiger partial charge in [0.05, 0.1) is 24.4 Å². The molecule has 0 amide bonds. The van der Waals surface area contributed by atoms with Crippen LogP contribution in [0.2, 0.25) is 5.02 Å². The molecule has 98 valence electrons. The molecule has 1 aromatic heterocycles. The van der Waals surface area contributed by atoms with Gasteiger partial charge in [0.25, 0.3) is 10.0 Å². The van der Waals surface area contributed by atoms with Crippen LogP contribution < -0.4 is 4.72 Å². The van der Waals surface area contributed by atoms with Crippen molar-refractivity contribution in [1.82, 2.24) is 14.5 Å². The van der Waals surface area contributed by atoms with Crippen LogP contribution in [0.1, 0.15) is 0 Å². The summed E-state index contributed by atoms with van der Waals surface area (Å²) in [6.07, 6.45) is 1.29. The molecule has 0 fully saturated rings. The topological polar surface area (TPSA) is 73.2 Å². The molecule has 0 aliphatic carbocycles. The molecule has 0 aromatic carbocycles. The fraction of sp³-hybridized carbons (Fsp3) is 0.625. The van der Waals surface area contributed by atoms with Crippen LogP contribution in [0, 0.1) is 0 Å². The summed E-state index contributed by atoms with van der Waals surface area (Å²) < 4.78 is 32.4. The van der Waals surface area contributed by atoms with Gasteiger partial charge in [-0.1, -0.05) is 27.5 Å². The Morgan fingerprint density at radius 1 is 1.59 bits per heavy atom. The van der Waals surface area contributed by atoms with Crippen molar-refractivity contribution in [2.75, 3.05) is 25.1 Å². The summed E-state index contributed by atoms with van der Waals surface area (Å²) in [6, 6.07) is 0. The second-order valence-corrected chi connectivity index (χ2v) is 6.00. The third-order valence-electron chi connectivity index (χ3n) is 1.86. The molecule has 17 heavy (non-hydrogen) atoms. The van der Waals surface area contributed by atoms with Crippen molar-refractivity contribution in [3.63, 3.8) is 0 Å². The average molecular weight is 347 g/mol. The third kappa shape index (κ3) is 4.22. The van der Waals surface area contributed by atoms with Gasteiger partial charge in [0.1, 0.15) is 0 Å². The fourth-order valence-corrected chi connectivity index (χ4v) is 3.07. The van der Waals surface area contributed by atoms with Crippen molar-refractivity contribution < 1.29 is 13.2 Å². The summed E-state index contributed by atoms with van der Waals surface area (Å²) in [5, 5.41) is 4.54. The van der Waals surface area contributed by atoms with E-state index in [1.807, 2.05) is 0 Å². The summed E-state index contributed by atoms with van der Waals surface area (Å²) in [4.78, 5) is 0. The Balaban J connectivity index is 2.58. The Labute approximate surface area is 113 Å².